The Morgan fingerprint density at radius 2 is 2.19 bits per heavy atom. The van der Waals surface area contributed by atoms with Crippen molar-refractivity contribution < 1.29 is 4.74 Å². The first-order valence-electron chi connectivity index (χ1n) is 5.63. The average molecular weight is 239 g/mol. The van der Waals surface area contributed by atoms with Gasteiger partial charge in [-0.15, -0.1) is 0 Å². The quantitative estimate of drug-likeness (QED) is 0.775. The number of nitrogens with two attached hydrogens (primary N) is 1. The van der Waals surface area contributed by atoms with E-state index < -0.39 is 0 Å². The van der Waals surface area contributed by atoms with E-state index in [-0.39, 0.29) is 6.04 Å². The van der Waals surface area contributed by atoms with E-state index in [2.05, 4.69) is 25.3 Å². The highest BCUT2D eigenvalue weighted by atomic mass is 32.2. The van der Waals surface area contributed by atoms with Gasteiger partial charge in [-0.1, -0.05) is 17.7 Å². The third-order valence-corrected chi connectivity index (χ3v) is 3.10. The maximum absolute atomic E-state index is 5.93. The molecule has 0 unspecified atom stereocenters. The van der Waals surface area contributed by atoms with Gasteiger partial charge in [-0.25, -0.2) is 0 Å². The van der Waals surface area contributed by atoms with E-state index >= 15 is 0 Å². The van der Waals surface area contributed by atoms with Crippen molar-refractivity contribution >= 4 is 11.8 Å². The summed E-state index contributed by atoms with van der Waals surface area (Å²) in [5, 5.41) is 0. The Bertz CT molecular complexity index is 326. The van der Waals surface area contributed by atoms with Crippen LogP contribution in [0.3, 0.4) is 0 Å². The van der Waals surface area contributed by atoms with Crippen molar-refractivity contribution in [3.8, 4) is 5.75 Å². The van der Waals surface area contributed by atoms with Gasteiger partial charge in [0.25, 0.3) is 0 Å². The number of rotatable bonds is 6. The molecule has 0 aromatic heterocycles. The van der Waals surface area contributed by atoms with Gasteiger partial charge in [0.05, 0.1) is 6.61 Å². The highest BCUT2D eigenvalue weighted by Gasteiger charge is 2.07. The number of thioether (sulfide) groups is 1. The summed E-state index contributed by atoms with van der Waals surface area (Å²) in [6, 6.07) is 6.22. The topological polar surface area (TPSA) is 35.2 Å². The van der Waals surface area contributed by atoms with Gasteiger partial charge < -0.3 is 10.5 Å². The third-order valence-electron chi connectivity index (χ3n) is 2.41. The minimum absolute atomic E-state index is 0.0236. The lowest BCUT2D eigenvalue weighted by molar-refractivity contribution is 0.314. The molecule has 0 radical (unpaired) electrons. The smallest absolute Gasteiger partial charge is 0.124 e. The third kappa shape index (κ3) is 4.06. The second-order valence-corrected chi connectivity index (χ2v) is 5.01. The lowest BCUT2D eigenvalue weighted by atomic mass is 10.1. The van der Waals surface area contributed by atoms with Crippen LogP contribution in [0.15, 0.2) is 18.2 Å². The predicted molar refractivity (Wildman–Crippen MR) is 72.3 cm³/mol. The number of benzene rings is 1. The fraction of sp³-hybridized carbons (Fsp3) is 0.538. The molecule has 0 aliphatic carbocycles. The van der Waals surface area contributed by atoms with E-state index in [4.69, 9.17) is 10.5 Å². The molecule has 16 heavy (non-hydrogen) atoms. The zero-order valence-electron chi connectivity index (χ0n) is 10.3. The molecule has 0 saturated heterocycles. The van der Waals surface area contributed by atoms with Crippen molar-refractivity contribution in [3.05, 3.63) is 29.3 Å². The van der Waals surface area contributed by atoms with Crippen LogP contribution in [0, 0.1) is 6.92 Å². The first kappa shape index (κ1) is 13.4. The molecular formula is C13H21NOS. The molecule has 0 bridgehead atoms. The van der Waals surface area contributed by atoms with Crippen LogP contribution >= 0.6 is 11.8 Å². The highest BCUT2D eigenvalue weighted by molar-refractivity contribution is 7.98. The summed E-state index contributed by atoms with van der Waals surface area (Å²) in [6.45, 7) is 4.83. The first-order chi connectivity index (χ1) is 7.65. The lowest BCUT2D eigenvalue weighted by Gasteiger charge is -2.14. The zero-order chi connectivity index (χ0) is 12.0. The fourth-order valence-corrected chi connectivity index (χ4v) is 1.95. The fourth-order valence-electron chi connectivity index (χ4n) is 1.54. The van der Waals surface area contributed by atoms with Crippen molar-refractivity contribution in [3.63, 3.8) is 0 Å². The maximum atomic E-state index is 5.93. The molecule has 3 heteroatoms. The molecule has 2 N–H and O–H groups in total. The highest BCUT2D eigenvalue weighted by Crippen LogP contribution is 2.25. The molecule has 0 amide bonds. The summed E-state index contributed by atoms with van der Waals surface area (Å²) in [4.78, 5) is 0. The Labute approximate surface area is 103 Å². The van der Waals surface area contributed by atoms with E-state index in [1.165, 1.54) is 5.56 Å². The second-order valence-electron chi connectivity index (χ2n) is 4.02. The average Bonchev–Trinajstić information content (AvgIpc) is 2.26. The molecule has 0 heterocycles. The first-order valence-corrected chi connectivity index (χ1v) is 7.02. The predicted octanol–water partition coefficient (Wildman–Crippen LogP) is 3.15. The molecule has 90 valence electrons. The molecule has 2 nitrogen and oxygen atoms in total. The van der Waals surface area contributed by atoms with Crippen LogP contribution in [-0.2, 0) is 0 Å². The minimum Gasteiger partial charge on any atom is -0.493 e. The van der Waals surface area contributed by atoms with E-state index in [0.29, 0.717) is 0 Å². The molecule has 0 fully saturated rings. The summed E-state index contributed by atoms with van der Waals surface area (Å²) >= 11 is 1.85. The molecule has 0 saturated carbocycles. The standard InChI is InChI=1S/C13H21NOS/c1-10-5-6-13(12(9-10)11(2)14)15-7-4-8-16-3/h5-6,9,11H,4,7-8,14H2,1-3H3/t11-/m1/s1. The molecule has 0 spiro atoms. The van der Waals surface area contributed by atoms with Crippen LogP contribution in [0.25, 0.3) is 0 Å². The van der Waals surface area contributed by atoms with Crippen LogP contribution in [0.1, 0.15) is 30.5 Å². The van der Waals surface area contributed by atoms with E-state index in [9.17, 15) is 0 Å². The number of hydrogen-bond acceptors (Lipinski definition) is 3. The molecule has 1 rings (SSSR count). The van der Waals surface area contributed by atoms with E-state index in [0.717, 1.165) is 30.1 Å². The molecule has 1 aromatic carbocycles. The van der Waals surface area contributed by atoms with Crippen LogP contribution < -0.4 is 10.5 Å². The normalized spacial score (nSPS) is 12.5. The van der Waals surface area contributed by atoms with Crippen LogP contribution in [-0.4, -0.2) is 18.6 Å². The van der Waals surface area contributed by atoms with Crippen molar-refractivity contribution in [2.75, 3.05) is 18.6 Å². The summed E-state index contributed by atoms with van der Waals surface area (Å²) in [7, 11) is 0. The van der Waals surface area contributed by atoms with Gasteiger partial charge in [0, 0.05) is 11.6 Å². The molecule has 0 aliphatic rings. The largest absolute Gasteiger partial charge is 0.493 e. The SMILES string of the molecule is CSCCCOc1ccc(C)cc1[C@@H](C)N. The van der Waals surface area contributed by atoms with Gasteiger partial charge in [-0.2, -0.15) is 11.8 Å². The summed E-state index contributed by atoms with van der Waals surface area (Å²) in [5.41, 5.74) is 8.26. The Hall–Kier alpha value is -0.670. The van der Waals surface area contributed by atoms with Crippen molar-refractivity contribution in [2.24, 2.45) is 5.73 Å². The van der Waals surface area contributed by atoms with Gasteiger partial charge in [0.1, 0.15) is 5.75 Å². The summed E-state index contributed by atoms with van der Waals surface area (Å²) in [5.74, 6) is 2.07. The zero-order valence-corrected chi connectivity index (χ0v) is 11.1. The number of aryl methyl sites for hydroxylation is 1. The van der Waals surface area contributed by atoms with Crippen LogP contribution in [0.4, 0.5) is 0 Å². The van der Waals surface area contributed by atoms with Crippen LogP contribution in [0.5, 0.6) is 5.75 Å². The minimum atomic E-state index is 0.0236. The van der Waals surface area contributed by atoms with E-state index in [1.54, 1.807) is 0 Å². The van der Waals surface area contributed by atoms with Gasteiger partial charge in [-0.3, -0.25) is 0 Å². The Morgan fingerprint density at radius 1 is 1.44 bits per heavy atom. The monoisotopic (exact) mass is 239 g/mol. The number of ether oxygens (including phenoxy) is 1. The number of hydrogen-bond donors (Lipinski definition) is 1. The lowest BCUT2D eigenvalue weighted by Crippen LogP contribution is -2.09. The molecule has 1 atom stereocenters. The molecular weight excluding hydrogens is 218 g/mol. The Kier molecular flexibility index (Phi) is 5.71. The van der Waals surface area contributed by atoms with E-state index in [1.807, 2.05) is 24.8 Å². The van der Waals surface area contributed by atoms with Crippen molar-refractivity contribution in [1.82, 2.24) is 0 Å². The molecule has 1 aromatic rings. The maximum Gasteiger partial charge on any atom is 0.124 e. The van der Waals surface area contributed by atoms with Gasteiger partial charge in [-0.05, 0) is 38.3 Å². The van der Waals surface area contributed by atoms with Gasteiger partial charge in [0.15, 0.2) is 0 Å². The van der Waals surface area contributed by atoms with Crippen molar-refractivity contribution in [2.45, 2.75) is 26.3 Å². The molecule has 0 aliphatic heterocycles. The van der Waals surface area contributed by atoms with Crippen LogP contribution in [0.2, 0.25) is 0 Å². The second kappa shape index (κ2) is 6.81. The Morgan fingerprint density at radius 3 is 2.81 bits per heavy atom. The van der Waals surface area contributed by atoms with Crippen molar-refractivity contribution in [1.29, 1.82) is 0 Å². The summed E-state index contributed by atoms with van der Waals surface area (Å²) < 4.78 is 5.76. The van der Waals surface area contributed by atoms with Gasteiger partial charge in [0.2, 0.25) is 0 Å². The summed E-state index contributed by atoms with van der Waals surface area (Å²) in [6.07, 6.45) is 3.19. The Balaban J connectivity index is 2.64. The van der Waals surface area contributed by atoms with Gasteiger partial charge >= 0.3 is 0 Å².